The van der Waals surface area contributed by atoms with Crippen LogP contribution >= 0.6 is 11.8 Å². The zero-order valence-electron chi connectivity index (χ0n) is 14.9. The Morgan fingerprint density at radius 3 is 2.78 bits per heavy atom. The Hall–Kier alpha value is -0.460. The van der Waals surface area contributed by atoms with Crippen LogP contribution in [0.15, 0.2) is 4.99 Å². The Balaban J connectivity index is 2.04. The summed E-state index contributed by atoms with van der Waals surface area (Å²) in [5, 5.41) is 14.0. The van der Waals surface area contributed by atoms with Crippen LogP contribution in [-0.2, 0) is 4.74 Å². The van der Waals surface area contributed by atoms with E-state index >= 15 is 0 Å². The Labute approximate surface area is 145 Å². The molecule has 0 aliphatic carbocycles. The van der Waals surface area contributed by atoms with Gasteiger partial charge in [0.1, 0.15) is 0 Å². The van der Waals surface area contributed by atoms with Crippen LogP contribution in [0, 0.1) is 11.3 Å². The molecule has 2 aliphatic rings. The summed E-state index contributed by atoms with van der Waals surface area (Å²) in [6.07, 6.45) is 1.80. The van der Waals surface area contributed by atoms with Gasteiger partial charge in [-0.25, -0.2) is 0 Å². The van der Waals surface area contributed by atoms with Crippen molar-refractivity contribution in [1.29, 1.82) is 0 Å². The molecule has 0 spiro atoms. The molecule has 0 aromatic carbocycles. The molecular formula is C17H33N3O2S. The molecule has 2 heterocycles. The summed E-state index contributed by atoms with van der Waals surface area (Å²) < 4.78 is 5.45. The molecular weight excluding hydrogens is 310 g/mol. The first-order chi connectivity index (χ1) is 11.1. The first-order valence-electron chi connectivity index (χ1n) is 8.94. The summed E-state index contributed by atoms with van der Waals surface area (Å²) in [5.41, 5.74) is -0.0963. The summed E-state index contributed by atoms with van der Waals surface area (Å²) in [7, 11) is 0. The van der Waals surface area contributed by atoms with Crippen LogP contribution in [0.1, 0.15) is 33.6 Å². The second-order valence-electron chi connectivity index (χ2n) is 7.04. The normalized spacial score (nSPS) is 25.7. The standard InChI is InChI=1S/C17H33N3O2S/c1-4-18-16(20-7-10-23-15(11-20)14(2)3)19-12-17(13-21)5-8-22-9-6-17/h14-15,21H,4-13H2,1-3H3,(H,18,19). The maximum Gasteiger partial charge on any atom is 0.193 e. The average molecular weight is 344 g/mol. The number of nitrogens with one attached hydrogen (secondary N) is 1. The van der Waals surface area contributed by atoms with E-state index in [1.165, 1.54) is 0 Å². The monoisotopic (exact) mass is 343 g/mol. The SMILES string of the molecule is CCNC(=NCC1(CO)CCOCC1)N1CCSC(C(C)C)C1. The number of rotatable bonds is 5. The van der Waals surface area contributed by atoms with Gasteiger partial charge in [-0.2, -0.15) is 11.8 Å². The number of hydrogen-bond donors (Lipinski definition) is 2. The van der Waals surface area contributed by atoms with Crippen molar-refractivity contribution in [3.05, 3.63) is 0 Å². The molecule has 2 rings (SSSR count). The predicted molar refractivity (Wildman–Crippen MR) is 98.2 cm³/mol. The second-order valence-corrected chi connectivity index (χ2v) is 8.39. The van der Waals surface area contributed by atoms with Gasteiger partial charge in [0, 0.05) is 49.3 Å². The smallest absolute Gasteiger partial charge is 0.193 e. The molecule has 6 heteroatoms. The zero-order valence-corrected chi connectivity index (χ0v) is 15.7. The molecule has 23 heavy (non-hydrogen) atoms. The number of thioether (sulfide) groups is 1. The molecule has 2 fully saturated rings. The molecule has 1 unspecified atom stereocenters. The minimum atomic E-state index is -0.0963. The summed E-state index contributed by atoms with van der Waals surface area (Å²) in [6, 6.07) is 0. The van der Waals surface area contributed by atoms with Gasteiger partial charge in [-0.1, -0.05) is 13.8 Å². The predicted octanol–water partition coefficient (Wildman–Crippen LogP) is 1.81. The van der Waals surface area contributed by atoms with Crippen molar-refractivity contribution in [3.63, 3.8) is 0 Å². The van der Waals surface area contributed by atoms with Gasteiger partial charge in [-0.3, -0.25) is 4.99 Å². The van der Waals surface area contributed by atoms with Gasteiger partial charge in [0.2, 0.25) is 0 Å². The minimum absolute atomic E-state index is 0.0963. The van der Waals surface area contributed by atoms with Gasteiger partial charge in [0.15, 0.2) is 5.96 Å². The number of guanidine groups is 1. The Kier molecular flexibility index (Phi) is 7.50. The number of nitrogens with zero attached hydrogens (tertiary/aromatic N) is 2. The highest BCUT2D eigenvalue weighted by atomic mass is 32.2. The fourth-order valence-corrected chi connectivity index (χ4v) is 4.41. The van der Waals surface area contributed by atoms with Gasteiger partial charge in [0.25, 0.3) is 0 Å². The first-order valence-corrected chi connectivity index (χ1v) is 9.98. The highest BCUT2D eigenvalue weighted by Gasteiger charge is 2.32. The van der Waals surface area contributed by atoms with E-state index in [0.717, 1.165) is 57.4 Å². The quantitative estimate of drug-likeness (QED) is 0.589. The summed E-state index contributed by atoms with van der Waals surface area (Å²) in [4.78, 5) is 7.30. The van der Waals surface area contributed by atoms with Gasteiger partial charge < -0.3 is 20.1 Å². The molecule has 0 saturated carbocycles. The van der Waals surface area contributed by atoms with Crippen molar-refractivity contribution in [3.8, 4) is 0 Å². The maximum atomic E-state index is 9.85. The molecule has 5 nitrogen and oxygen atoms in total. The number of aliphatic hydroxyl groups is 1. The molecule has 2 N–H and O–H groups in total. The molecule has 0 radical (unpaired) electrons. The summed E-state index contributed by atoms with van der Waals surface area (Å²) in [6.45, 7) is 12.1. The molecule has 2 aliphatic heterocycles. The van der Waals surface area contributed by atoms with Gasteiger partial charge in [0.05, 0.1) is 13.2 Å². The van der Waals surface area contributed by atoms with E-state index in [9.17, 15) is 5.11 Å². The van der Waals surface area contributed by atoms with Crippen LogP contribution in [0.4, 0.5) is 0 Å². The molecule has 134 valence electrons. The molecule has 0 aromatic heterocycles. The number of hydrogen-bond acceptors (Lipinski definition) is 4. The highest BCUT2D eigenvalue weighted by molar-refractivity contribution is 8.00. The lowest BCUT2D eigenvalue weighted by Gasteiger charge is -2.38. The van der Waals surface area contributed by atoms with E-state index < -0.39 is 0 Å². The Morgan fingerprint density at radius 1 is 1.43 bits per heavy atom. The molecule has 0 amide bonds. The van der Waals surface area contributed by atoms with Crippen LogP contribution < -0.4 is 5.32 Å². The van der Waals surface area contributed by atoms with Crippen LogP contribution in [0.5, 0.6) is 0 Å². The van der Waals surface area contributed by atoms with Crippen molar-refractivity contribution in [2.75, 3.05) is 51.8 Å². The van der Waals surface area contributed by atoms with Crippen LogP contribution in [-0.4, -0.2) is 73.0 Å². The zero-order chi connectivity index (χ0) is 16.7. The molecule has 0 bridgehead atoms. The summed E-state index contributed by atoms with van der Waals surface area (Å²) >= 11 is 2.08. The highest BCUT2D eigenvalue weighted by Crippen LogP contribution is 2.30. The Morgan fingerprint density at radius 2 is 2.17 bits per heavy atom. The minimum Gasteiger partial charge on any atom is -0.396 e. The third-order valence-electron chi connectivity index (χ3n) is 4.92. The second kappa shape index (κ2) is 9.14. The topological polar surface area (TPSA) is 57.1 Å². The van der Waals surface area contributed by atoms with Gasteiger partial charge >= 0.3 is 0 Å². The van der Waals surface area contributed by atoms with Gasteiger partial charge in [-0.15, -0.1) is 0 Å². The fraction of sp³-hybridized carbons (Fsp3) is 0.941. The van der Waals surface area contributed by atoms with E-state index in [2.05, 4.69) is 42.7 Å². The molecule has 2 saturated heterocycles. The van der Waals surface area contributed by atoms with E-state index in [0.29, 0.717) is 17.7 Å². The van der Waals surface area contributed by atoms with E-state index in [4.69, 9.17) is 9.73 Å². The molecule has 1 atom stereocenters. The van der Waals surface area contributed by atoms with E-state index in [1.807, 2.05) is 0 Å². The molecule has 0 aromatic rings. The lowest BCUT2D eigenvalue weighted by Crippen LogP contribution is -2.49. The third-order valence-corrected chi connectivity index (χ3v) is 6.46. The average Bonchev–Trinajstić information content (AvgIpc) is 2.59. The van der Waals surface area contributed by atoms with Crippen LogP contribution in [0.25, 0.3) is 0 Å². The van der Waals surface area contributed by atoms with Crippen molar-refractivity contribution in [2.45, 2.75) is 38.9 Å². The summed E-state index contributed by atoms with van der Waals surface area (Å²) in [5.74, 6) is 2.86. The van der Waals surface area contributed by atoms with E-state index in [1.54, 1.807) is 0 Å². The van der Waals surface area contributed by atoms with Crippen LogP contribution in [0.3, 0.4) is 0 Å². The van der Waals surface area contributed by atoms with Crippen molar-refractivity contribution >= 4 is 17.7 Å². The van der Waals surface area contributed by atoms with Gasteiger partial charge in [-0.05, 0) is 25.7 Å². The van der Waals surface area contributed by atoms with Crippen molar-refractivity contribution in [1.82, 2.24) is 10.2 Å². The number of aliphatic hydroxyl groups excluding tert-OH is 1. The van der Waals surface area contributed by atoms with E-state index in [-0.39, 0.29) is 12.0 Å². The largest absolute Gasteiger partial charge is 0.396 e. The third kappa shape index (κ3) is 5.26. The Bertz CT molecular complexity index is 384. The van der Waals surface area contributed by atoms with Crippen LogP contribution in [0.2, 0.25) is 0 Å². The van der Waals surface area contributed by atoms with Crippen molar-refractivity contribution < 1.29 is 9.84 Å². The lowest BCUT2D eigenvalue weighted by atomic mass is 9.81. The lowest BCUT2D eigenvalue weighted by molar-refractivity contribution is -0.0107. The number of ether oxygens (including phenoxy) is 1. The van der Waals surface area contributed by atoms with Crippen molar-refractivity contribution in [2.24, 2.45) is 16.3 Å². The first kappa shape index (κ1) is 18.9. The maximum absolute atomic E-state index is 9.85. The fourth-order valence-electron chi connectivity index (χ4n) is 3.11. The number of aliphatic imine (C=N–C) groups is 1.